The maximum Gasteiger partial charge on any atom is 0.247 e. The molecule has 0 unspecified atom stereocenters. The maximum atomic E-state index is 15.6. The first-order valence-electron chi connectivity index (χ1n) is 12.0. The minimum Gasteiger partial charge on any atom is -0.369 e. The predicted molar refractivity (Wildman–Crippen MR) is 139 cm³/mol. The Morgan fingerprint density at radius 1 is 1.20 bits per heavy atom. The van der Waals surface area contributed by atoms with Gasteiger partial charge in [0.2, 0.25) is 26.0 Å². The Morgan fingerprint density at radius 3 is 2.60 bits per heavy atom. The van der Waals surface area contributed by atoms with Crippen molar-refractivity contribution in [3.8, 4) is 0 Å². The van der Waals surface area contributed by atoms with Gasteiger partial charge < -0.3 is 5.73 Å². The minimum atomic E-state index is -4.40. The second kappa shape index (κ2) is 9.42. The van der Waals surface area contributed by atoms with Crippen LogP contribution < -0.4 is 5.73 Å². The van der Waals surface area contributed by atoms with Gasteiger partial charge in [-0.2, -0.15) is 9.40 Å². The zero-order valence-electron chi connectivity index (χ0n) is 21.4. The SMILES string of the molecule is CN1C(N)=N[C@](C)(c2cc(CC(=O)c3ccc(F)cn3)ccc2F)[C@@]2(CCN(S(=O)(=O)c3cn[nH]c3)C2)S1(=O)=O. The van der Waals surface area contributed by atoms with Crippen molar-refractivity contribution in [2.24, 2.45) is 10.7 Å². The van der Waals surface area contributed by atoms with Crippen LogP contribution in [0.3, 0.4) is 0 Å². The first-order valence-corrected chi connectivity index (χ1v) is 14.9. The largest absolute Gasteiger partial charge is 0.369 e. The first-order chi connectivity index (χ1) is 18.7. The molecular formula is C24H25F2N7O5S2. The lowest BCUT2D eigenvalue weighted by atomic mass is 9.77. The fraction of sp³-hybridized carbons (Fsp3) is 0.333. The number of sulfonamides is 2. The Balaban J connectivity index is 1.61. The topological polar surface area (TPSA) is 172 Å². The Hall–Kier alpha value is -3.76. The van der Waals surface area contributed by atoms with E-state index in [4.69, 9.17) is 5.73 Å². The molecule has 3 N–H and O–H groups in total. The fourth-order valence-corrected chi connectivity index (χ4v) is 8.93. The van der Waals surface area contributed by atoms with Crippen molar-refractivity contribution in [2.75, 3.05) is 20.1 Å². The third-order valence-corrected chi connectivity index (χ3v) is 12.1. The number of carbonyl (C=O) groups is 1. The molecule has 0 radical (unpaired) electrons. The number of aromatic amines is 1. The van der Waals surface area contributed by atoms with Gasteiger partial charge in [0.15, 0.2) is 5.78 Å². The number of rotatable bonds is 6. The highest BCUT2D eigenvalue weighted by atomic mass is 32.2. The van der Waals surface area contributed by atoms with Crippen molar-refractivity contribution in [1.29, 1.82) is 0 Å². The number of aliphatic imine (C=N–C) groups is 1. The highest BCUT2D eigenvalue weighted by Gasteiger charge is 2.67. The van der Waals surface area contributed by atoms with E-state index in [1.54, 1.807) is 0 Å². The zero-order chi connectivity index (χ0) is 29.1. The summed E-state index contributed by atoms with van der Waals surface area (Å²) in [5.74, 6) is -2.31. The fourth-order valence-electron chi connectivity index (χ4n) is 5.31. The monoisotopic (exact) mass is 593 g/mol. The van der Waals surface area contributed by atoms with Gasteiger partial charge in [0.25, 0.3) is 0 Å². The lowest BCUT2D eigenvalue weighted by Gasteiger charge is -2.48. The van der Waals surface area contributed by atoms with Crippen LogP contribution in [0.2, 0.25) is 0 Å². The number of carbonyl (C=O) groups excluding carboxylic acids is 1. The molecule has 4 heterocycles. The van der Waals surface area contributed by atoms with Crippen LogP contribution in [0.1, 0.15) is 35.0 Å². The van der Waals surface area contributed by atoms with Gasteiger partial charge in [-0.25, -0.2) is 34.9 Å². The van der Waals surface area contributed by atoms with Crippen LogP contribution in [-0.4, -0.2) is 77.3 Å². The summed E-state index contributed by atoms with van der Waals surface area (Å²) in [6, 6.07) is 6.08. The van der Waals surface area contributed by atoms with Crippen LogP contribution in [0.4, 0.5) is 8.78 Å². The molecule has 2 aliphatic heterocycles. The molecule has 212 valence electrons. The number of pyridine rings is 1. The summed E-state index contributed by atoms with van der Waals surface area (Å²) in [4.78, 5) is 20.8. The molecule has 0 saturated carbocycles. The Morgan fingerprint density at radius 2 is 1.95 bits per heavy atom. The third-order valence-electron chi connectivity index (χ3n) is 7.64. The zero-order valence-corrected chi connectivity index (χ0v) is 23.0. The van der Waals surface area contributed by atoms with Crippen molar-refractivity contribution in [2.45, 2.75) is 34.9 Å². The first kappa shape index (κ1) is 27.8. The second-order valence-electron chi connectivity index (χ2n) is 9.81. The maximum absolute atomic E-state index is 15.6. The Kier molecular flexibility index (Phi) is 6.54. The third kappa shape index (κ3) is 4.08. The normalized spacial score (nSPS) is 24.8. The average molecular weight is 594 g/mol. The van der Waals surface area contributed by atoms with Gasteiger partial charge in [-0.15, -0.1) is 0 Å². The number of aromatic nitrogens is 3. The summed E-state index contributed by atoms with van der Waals surface area (Å²) in [5.41, 5.74) is 4.26. The molecule has 3 aromatic rings. The standard InChI is InChI=1S/C24H25F2N7O5S2/c1-23(18-9-15(3-5-19(18)26)10-21(34)20-6-4-16(25)11-28-20)24(40(37,38)32(2)22(27)31-23)7-8-33(14-24)39(35,36)17-12-29-30-13-17/h3-6,9,11-13H,7-8,10,14H2,1-2H3,(H2,27,31)(H,29,30)/t23-,24+/m1/s1. The summed E-state index contributed by atoms with van der Waals surface area (Å²) in [7, 11) is -7.35. The molecule has 1 spiro atoms. The molecule has 0 amide bonds. The van der Waals surface area contributed by atoms with Crippen LogP contribution in [0.25, 0.3) is 0 Å². The number of benzene rings is 1. The summed E-state index contributed by atoms with van der Waals surface area (Å²) >= 11 is 0. The van der Waals surface area contributed by atoms with E-state index in [1.165, 1.54) is 38.4 Å². The van der Waals surface area contributed by atoms with Gasteiger partial charge in [-0.3, -0.25) is 14.9 Å². The number of ketones is 1. The molecule has 16 heteroatoms. The number of hydrogen-bond acceptors (Lipinski definition) is 9. The molecule has 2 aliphatic rings. The summed E-state index contributed by atoms with van der Waals surface area (Å²) in [6.07, 6.45) is 2.72. The molecular weight excluding hydrogens is 568 g/mol. The minimum absolute atomic E-state index is 0.00465. The van der Waals surface area contributed by atoms with E-state index in [9.17, 15) is 26.0 Å². The Bertz CT molecular complexity index is 1730. The number of nitrogens with zero attached hydrogens (tertiary/aromatic N) is 5. The molecule has 0 aliphatic carbocycles. The Labute approximate surface area is 229 Å². The van der Waals surface area contributed by atoms with Crippen LogP contribution >= 0.6 is 0 Å². The van der Waals surface area contributed by atoms with Gasteiger partial charge in [0.1, 0.15) is 32.5 Å². The lowest BCUT2D eigenvalue weighted by molar-refractivity contribution is 0.0988. The highest BCUT2D eigenvalue weighted by Crippen LogP contribution is 2.52. The lowest BCUT2D eigenvalue weighted by Crippen LogP contribution is -2.66. The second-order valence-corrected chi connectivity index (χ2v) is 14.0. The van der Waals surface area contributed by atoms with Crippen LogP contribution in [0.5, 0.6) is 0 Å². The van der Waals surface area contributed by atoms with E-state index in [0.29, 0.717) is 5.56 Å². The average Bonchev–Trinajstić information content (AvgIpc) is 3.61. The molecule has 0 bridgehead atoms. The van der Waals surface area contributed by atoms with Crippen molar-refractivity contribution in [3.63, 3.8) is 0 Å². The van der Waals surface area contributed by atoms with E-state index in [2.05, 4.69) is 20.2 Å². The summed E-state index contributed by atoms with van der Waals surface area (Å²) < 4.78 is 83.2. The number of Topliss-reactive ketones (excluding diaryl/α,β-unsaturated/α-hetero) is 1. The number of nitrogens with two attached hydrogens (primary N) is 1. The quantitative estimate of drug-likeness (QED) is 0.401. The van der Waals surface area contributed by atoms with Crippen molar-refractivity contribution in [3.05, 3.63) is 77.4 Å². The van der Waals surface area contributed by atoms with Crippen LogP contribution in [-0.2, 0) is 32.0 Å². The molecule has 2 aromatic heterocycles. The van der Waals surface area contributed by atoms with Gasteiger partial charge in [0.05, 0.1) is 12.4 Å². The number of hydrogen-bond donors (Lipinski definition) is 2. The number of halogens is 2. The van der Waals surface area contributed by atoms with E-state index >= 15 is 4.39 Å². The van der Waals surface area contributed by atoms with E-state index < -0.39 is 60.3 Å². The number of nitrogens with one attached hydrogen (secondary N) is 1. The molecule has 40 heavy (non-hydrogen) atoms. The smallest absolute Gasteiger partial charge is 0.247 e. The number of guanidine groups is 1. The molecule has 2 atom stereocenters. The molecule has 1 aromatic carbocycles. The van der Waals surface area contributed by atoms with Crippen molar-refractivity contribution in [1.82, 2.24) is 23.8 Å². The molecule has 1 fully saturated rings. The van der Waals surface area contributed by atoms with Crippen molar-refractivity contribution < 1.29 is 30.4 Å². The van der Waals surface area contributed by atoms with E-state index in [1.807, 2.05) is 0 Å². The number of H-pyrrole nitrogens is 1. The van der Waals surface area contributed by atoms with Gasteiger partial charge in [-0.1, -0.05) is 6.07 Å². The van der Waals surface area contributed by atoms with Crippen LogP contribution in [0, 0.1) is 11.6 Å². The predicted octanol–water partition coefficient (Wildman–Crippen LogP) is 1.15. The summed E-state index contributed by atoms with van der Waals surface area (Å²) in [6.45, 7) is 0.661. The van der Waals surface area contributed by atoms with Gasteiger partial charge in [-0.05, 0) is 43.2 Å². The summed E-state index contributed by atoms with van der Waals surface area (Å²) in [5, 5.41) is 6.09. The molecule has 1 saturated heterocycles. The van der Waals surface area contributed by atoms with Crippen LogP contribution in [0.15, 0.2) is 58.8 Å². The molecule has 5 rings (SSSR count). The van der Waals surface area contributed by atoms with Gasteiger partial charge in [0, 0.05) is 38.3 Å². The van der Waals surface area contributed by atoms with E-state index in [0.717, 1.165) is 33.1 Å². The van der Waals surface area contributed by atoms with Gasteiger partial charge >= 0.3 is 0 Å². The molecule has 12 nitrogen and oxygen atoms in total. The van der Waals surface area contributed by atoms with Crippen molar-refractivity contribution >= 4 is 31.8 Å². The van der Waals surface area contributed by atoms with E-state index in [-0.39, 0.29) is 35.5 Å². The highest BCUT2D eigenvalue weighted by molar-refractivity contribution is 7.91.